The van der Waals surface area contributed by atoms with Crippen molar-refractivity contribution in [2.24, 2.45) is 0 Å². The molecule has 3 rings (SSSR count). The molecule has 0 unspecified atom stereocenters. The Morgan fingerprint density at radius 3 is 3.14 bits per heavy atom. The molecule has 2 N–H and O–H groups in total. The molecule has 3 aromatic rings. The molecule has 0 spiro atoms. The van der Waals surface area contributed by atoms with Crippen molar-refractivity contribution in [3.05, 3.63) is 46.5 Å². The first-order valence-corrected chi connectivity index (χ1v) is 6.41. The molecule has 0 saturated heterocycles. The normalized spacial score (nSPS) is 10.6. The zero-order chi connectivity index (χ0) is 15.5. The molecule has 0 aliphatic rings. The number of nitrogens with zero attached hydrogens (tertiary/aromatic N) is 4. The van der Waals surface area contributed by atoms with Gasteiger partial charge >= 0.3 is 0 Å². The summed E-state index contributed by atoms with van der Waals surface area (Å²) in [6.45, 7) is 1.48. The highest BCUT2D eigenvalue weighted by Gasteiger charge is 2.07. The molecule has 0 radical (unpaired) electrons. The van der Waals surface area contributed by atoms with E-state index in [1.807, 2.05) is 0 Å². The van der Waals surface area contributed by atoms with E-state index >= 15 is 0 Å². The SMILES string of the molecule is Cc1cc(=O)c(OCC(=O)Nc2ccn3nnnc3c2)c[nH]1. The van der Waals surface area contributed by atoms with Crippen LogP contribution in [0.15, 0.2) is 35.4 Å². The predicted octanol–water partition coefficient (Wildman–Crippen LogP) is 0.139. The second-order valence-electron chi connectivity index (χ2n) is 4.58. The van der Waals surface area contributed by atoms with Gasteiger partial charge in [-0.1, -0.05) is 0 Å². The molecule has 9 heteroatoms. The lowest BCUT2D eigenvalue weighted by Gasteiger charge is -2.07. The third-order valence-corrected chi connectivity index (χ3v) is 2.86. The number of hydrogen-bond donors (Lipinski definition) is 2. The van der Waals surface area contributed by atoms with E-state index in [9.17, 15) is 9.59 Å². The van der Waals surface area contributed by atoms with Crippen molar-refractivity contribution in [3.63, 3.8) is 0 Å². The summed E-state index contributed by atoms with van der Waals surface area (Å²) in [6, 6.07) is 4.68. The summed E-state index contributed by atoms with van der Waals surface area (Å²) >= 11 is 0. The predicted molar refractivity (Wildman–Crippen MR) is 76.7 cm³/mol. The fourth-order valence-electron chi connectivity index (χ4n) is 1.83. The Balaban J connectivity index is 1.63. The van der Waals surface area contributed by atoms with Gasteiger partial charge < -0.3 is 15.0 Å². The van der Waals surface area contributed by atoms with Gasteiger partial charge in [0.05, 0.1) is 0 Å². The van der Waals surface area contributed by atoms with E-state index in [1.54, 1.807) is 25.3 Å². The topological polar surface area (TPSA) is 114 Å². The number of carbonyl (C=O) groups is 1. The summed E-state index contributed by atoms with van der Waals surface area (Å²) in [5, 5.41) is 13.6. The van der Waals surface area contributed by atoms with E-state index in [0.29, 0.717) is 11.3 Å². The summed E-state index contributed by atoms with van der Waals surface area (Å²) in [5.74, 6) is -0.297. The van der Waals surface area contributed by atoms with Crippen LogP contribution in [-0.4, -0.2) is 37.5 Å². The van der Waals surface area contributed by atoms with Gasteiger partial charge in [0.15, 0.2) is 18.0 Å². The van der Waals surface area contributed by atoms with Gasteiger partial charge in [-0.3, -0.25) is 9.59 Å². The molecule has 0 fully saturated rings. The number of anilines is 1. The maximum absolute atomic E-state index is 11.8. The van der Waals surface area contributed by atoms with Gasteiger partial charge in [-0.15, -0.1) is 5.10 Å². The van der Waals surface area contributed by atoms with Crippen LogP contribution < -0.4 is 15.5 Å². The third-order valence-electron chi connectivity index (χ3n) is 2.86. The Bertz CT molecular complexity index is 885. The fourth-order valence-corrected chi connectivity index (χ4v) is 1.83. The van der Waals surface area contributed by atoms with E-state index < -0.39 is 5.91 Å². The summed E-state index contributed by atoms with van der Waals surface area (Å²) in [5.41, 5.74) is 1.49. The lowest BCUT2D eigenvalue weighted by atomic mass is 10.3. The molecule has 0 atom stereocenters. The first-order chi connectivity index (χ1) is 10.6. The lowest BCUT2D eigenvalue weighted by molar-refractivity contribution is -0.118. The molecule has 0 aromatic carbocycles. The summed E-state index contributed by atoms with van der Waals surface area (Å²) in [7, 11) is 0. The largest absolute Gasteiger partial charge is 0.478 e. The Morgan fingerprint density at radius 1 is 1.45 bits per heavy atom. The first kappa shape index (κ1) is 13.7. The van der Waals surface area contributed by atoms with Crippen molar-refractivity contribution in [2.75, 3.05) is 11.9 Å². The van der Waals surface area contributed by atoms with Crippen LogP contribution in [-0.2, 0) is 4.79 Å². The smallest absolute Gasteiger partial charge is 0.262 e. The number of fused-ring (bicyclic) bond motifs is 1. The number of aryl methyl sites for hydroxylation is 1. The second-order valence-corrected chi connectivity index (χ2v) is 4.58. The van der Waals surface area contributed by atoms with Gasteiger partial charge in [0.1, 0.15) is 0 Å². The van der Waals surface area contributed by atoms with E-state index in [0.717, 1.165) is 5.69 Å². The van der Waals surface area contributed by atoms with Crippen LogP contribution in [0.1, 0.15) is 5.69 Å². The van der Waals surface area contributed by atoms with E-state index in [2.05, 4.69) is 25.8 Å². The summed E-state index contributed by atoms with van der Waals surface area (Å²) in [4.78, 5) is 26.3. The van der Waals surface area contributed by atoms with Crippen molar-refractivity contribution in [2.45, 2.75) is 6.92 Å². The molecule has 112 valence electrons. The number of nitrogens with one attached hydrogen (secondary N) is 2. The standard InChI is InChI=1S/C13H12N6O3/c1-8-4-10(20)11(6-14-8)22-7-13(21)15-9-2-3-19-12(5-9)16-17-18-19/h2-6H,7H2,1H3,(H,14,20)(H,15,21). The highest BCUT2D eigenvalue weighted by Crippen LogP contribution is 2.09. The number of rotatable bonds is 4. The number of carbonyl (C=O) groups excluding carboxylic acids is 1. The highest BCUT2D eigenvalue weighted by molar-refractivity contribution is 5.92. The Kier molecular flexibility index (Phi) is 3.52. The van der Waals surface area contributed by atoms with Crippen molar-refractivity contribution in [1.29, 1.82) is 0 Å². The van der Waals surface area contributed by atoms with Crippen LogP contribution in [0.25, 0.3) is 5.65 Å². The van der Waals surface area contributed by atoms with Crippen molar-refractivity contribution < 1.29 is 9.53 Å². The number of aromatic amines is 1. The van der Waals surface area contributed by atoms with Crippen LogP contribution in [0.5, 0.6) is 5.75 Å². The quantitative estimate of drug-likeness (QED) is 0.708. The van der Waals surface area contributed by atoms with Crippen molar-refractivity contribution in [1.82, 2.24) is 25.0 Å². The fraction of sp³-hybridized carbons (Fsp3) is 0.154. The second kappa shape index (κ2) is 5.64. The highest BCUT2D eigenvalue weighted by atomic mass is 16.5. The molecule has 1 amide bonds. The van der Waals surface area contributed by atoms with E-state index in [1.165, 1.54) is 16.8 Å². The molecule has 0 aliphatic carbocycles. The number of pyridine rings is 2. The monoisotopic (exact) mass is 300 g/mol. The van der Waals surface area contributed by atoms with E-state index in [4.69, 9.17) is 4.74 Å². The summed E-state index contributed by atoms with van der Waals surface area (Å²) < 4.78 is 6.67. The average molecular weight is 300 g/mol. The lowest BCUT2D eigenvalue weighted by Crippen LogP contribution is -2.22. The Hall–Kier alpha value is -3.23. The van der Waals surface area contributed by atoms with Crippen molar-refractivity contribution >= 4 is 17.2 Å². The zero-order valence-corrected chi connectivity index (χ0v) is 11.6. The molecule has 0 aliphatic heterocycles. The molecule has 3 aromatic heterocycles. The molecule has 0 bridgehead atoms. The van der Waals surface area contributed by atoms with Gasteiger partial charge in [-0.25, -0.2) is 4.52 Å². The van der Waals surface area contributed by atoms with E-state index in [-0.39, 0.29) is 17.8 Å². The Morgan fingerprint density at radius 2 is 2.32 bits per heavy atom. The van der Waals surface area contributed by atoms with Crippen LogP contribution >= 0.6 is 0 Å². The molecule has 22 heavy (non-hydrogen) atoms. The number of ether oxygens (including phenoxy) is 1. The number of aromatic nitrogens is 5. The molecular formula is C13H12N6O3. The molecule has 0 saturated carbocycles. The maximum Gasteiger partial charge on any atom is 0.262 e. The third kappa shape index (κ3) is 2.92. The zero-order valence-electron chi connectivity index (χ0n) is 11.6. The van der Waals surface area contributed by atoms with Gasteiger partial charge in [0.2, 0.25) is 5.43 Å². The van der Waals surface area contributed by atoms with Gasteiger partial charge in [-0.05, 0) is 23.4 Å². The van der Waals surface area contributed by atoms with Crippen LogP contribution in [0.2, 0.25) is 0 Å². The number of hydrogen-bond acceptors (Lipinski definition) is 6. The Labute approximate surface area is 123 Å². The van der Waals surface area contributed by atoms with Gasteiger partial charge in [0, 0.05) is 35.9 Å². The van der Waals surface area contributed by atoms with Crippen molar-refractivity contribution in [3.8, 4) is 5.75 Å². The molecular weight excluding hydrogens is 288 g/mol. The molecule has 3 heterocycles. The van der Waals surface area contributed by atoms with Crippen LogP contribution in [0.3, 0.4) is 0 Å². The number of H-pyrrole nitrogens is 1. The minimum absolute atomic E-state index is 0.0952. The average Bonchev–Trinajstić information content (AvgIpc) is 2.94. The molecule has 9 nitrogen and oxygen atoms in total. The van der Waals surface area contributed by atoms with Crippen LogP contribution in [0.4, 0.5) is 5.69 Å². The minimum atomic E-state index is -0.392. The van der Waals surface area contributed by atoms with Gasteiger partial charge in [0.25, 0.3) is 5.91 Å². The summed E-state index contributed by atoms with van der Waals surface area (Å²) in [6.07, 6.45) is 3.05. The minimum Gasteiger partial charge on any atom is -0.478 e. The van der Waals surface area contributed by atoms with Gasteiger partial charge in [-0.2, -0.15) is 0 Å². The first-order valence-electron chi connectivity index (χ1n) is 6.41. The number of amides is 1. The maximum atomic E-state index is 11.8. The van der Waals surface area contributed by atoms with Crippen LogP contribution in [0, 0.1) is 6.92 Å². The number of tetrazole rings is 1.